The molecule has 2 rings (SSSR count). The smallest absolute Gasteiger partial charge is 0.222 e. The molecule has 0 spiro atoms. The monoisotopic (exact) mass is 328 g/mol. The van der Waals surface area contributed by atoms with Crippen LogP contribution in [0.15, 0.2) is 24.3 Å². The van der Waals surface area contributed by atoms with Crippen LogP contribution in [0.4, 0.5) is 0 Å². The zero-order valence-electron chi connectivity index (χ0n) is 13.0. The molecule has 0 bridgehead atoms. The summed E-state index contributed by atoms with van der Waals surface area (Å²) in [6, 6.07) is 7.63. The molecule has 6 heteroatoms. The SMILES string of the molecule is CCOc1ccccc1OCCCC(=O)N1CCNCC1.Cl. The van der Waals surface area contributed by atoms with Gasteiger partial charge in [-0.05, 0) is 25.5 Å². The minimum atomic E-state index is 0. The second-order valence-electron chi connectivity index (χ2n) is 4.96. The van der Waals surface area contributed by atoms with Crippen LogP contribution in [0, 0.1) is 0 Å². The van der Waals surface area contributed by atoms with Crippen LogP contribution in [0.25, 0.3) is 0 Å². The van der Waals surface area contributed by atoms with Crippen molar-refractivity contribution in [2.45, 2.75) is 19.8 Å². The highest BCUT2D eigenvalue weighted by Crippen LogP contribution is 2.26. The van der Waals surface area contributed by atoms with E-state index in [-0.39, 0.29) is 18.3 Å². The Morgan fingerprint density at radius 1 is 1.18 bits per heavy atom. The lowest BCUT2D eigenvalue weighted by atomic mass is 10.2. The van der Waals surface area contributed by atoms with E-state index >= 15 is 0 Å². The molecule has 1 saturated heterocycles. The summed E-state index contributed by atoms with van der Waals surface area (Å²) in [6.07, 6.45) is 1.26. The zero-order valence-corrected chi connectivity index (χ0v) is 13.9. The van der Waals surface area contributed by atoms with E-state index in [1.165, 1.54) is 0 Å². The molecule has 1 amide bonds. The normalized spacial score (nSPS) is 14.1. The number of hydrogen-bond donors (Lipinski definition) is 1. The van der Waals surface area contributed by atoms with Crippen molar-refractivity contribution in [3.05, 3.63) is 24.3 Å². The number of rotatable bonds is 7. The van der Waals surface area contributed by atoms with Gasteiger partial charge in [-0.25, -0.2) is 0 Å². The Labute approximate surface area is 138 Å². The average Bonchev–Trinajstić information content (AvgIpc) is 2.54. The second kappa shape index (κ2) is 10.3. The molecule has 1 heterocycles. The first kappa shape index (κ1) is 18.6. The number of amides is 1. The van der Waals surface area contributed by atoms with Crippen molar-refractivity contribution in [2.75, 3.05) is 39.4 Å². The highest BCUT2D eigenvalue weighted by atomic mass is 35.5. The number of carbonyl (C=O) groups excluding carboxylic acids is 1. The van der Waals surface area contributed by atoms with Gasteiger partial charge in [-0.3, -0.25) is 4.79 Å². The van der Waals surface area contributed by atoms with Gasteiger partial charge in [-0.15, -0.1) is 12.4 Å². The highest BCUT2D eigenvalue weighted by molar-refractivity contribution is 5.85. The topological polar surface area (TPSA) is 50.8 Å². The van der Waals surface area contributed by atoms with Crippen molar-refractivity contribution >= 4 is 18.3 Å². The fourth-order valence-corrected chi connectivity index (χ4v) is 2.32. The number of nitrogens with zero attached hydrogens (tertiary/aromatic N) is 1. The summed E-state index contributed by atoms with van der Waals surface area (Å²) in [7, 11) is 0. The van der Waals surface area contributed by atoms with Gasteiger partial charge in [0.15, 0.2) is 11.5 Å². The van der Waals surface area contributed by atoms with Crippen LogP contribution in [0.1, 0.15) is 19.8 Å². The van der Waals surface area contributed by atoms with E-state index < -0.39 is 0 Å². The second-order valence-corrected chi connectivity index (χ2v) is 4.96. The van der Waals surface area contributed by atoms with Crippen LogP contribution >= 0.6 is 12.4 Å². The summed E-state index contributed by atoms with van der Waals surface area (Å²) in [6.45, 7) is 6.50. The van der Waals surface area contributed by atoms with Crippen LogP contribution in [-0.2, 0) is 4.79 Å². The minimum absolute atomic E-state index is 0. The first-order chi connectivity index (χ1) is 10.3. The maximum absolute atomic E-state index is 12.0. The van der Waals surface area contributed by atoms with Crippen molar-refractivity contribution in [2.24, 2.45) is 0 Å². The van der Waals surface area contributed by atoms with E-state index in [2.05, 4.69) is 5.32 Å². The van der Waals surface area contributed by atoms with E-state index in [1.54, 1.807) is 0 Å². The lowest BCUT2D eigenvalue weighted by molar-refractivity contribution is -0.132. The van der Waals surface area contributed by atoms with Crippen LogP contribution in [0.2, 0.25) is 0 Å². The van der Waals surface area contributed by atoms with Crippen LogP contribution in [0.3, 0.4) is 0 Å². The van der Waals surface area contributed by atoms with E-state index in [0.29, 0.717) is 19.6 Å². The highest BCUT2D eigenvalue weighted by Gasteiger charge is 2.15. The number of benzene rings is 1. The molecule has 1 fully saturated rings. The van der Waals surface area contributed by atoms with E-state index in [0.717, 1.165) is 44.1 Å². The van der Waals surface area contributed by atoms with Gasteiger partial charge in [0, 0.05) is 32.6 Å². The summed E-state index contributed by atoms with van der Waals surface area (Å²) in [5.41, 5.74) is 0. The molecule has 0 atom stereocenters. The molecule has 1 N–H and O–H groups in total. The number of para-hydroxylation sites is 2. The first-order valence-electron chi connectivity index (χ1n) is 7.64. The van der Waals surface area contributed by atoms with Gasteiger partial charge >= 0.3 is 0 Å². The molecular formula is C16H25ClN2O3. The lowest BCUT2D eigenvalue weighted by Crippen LogP contribution is -2.46. The Hall–Kier alpha value is -1.46. The molecule has 1 aliphatic heterocycles. The Morgan fingerprint density at radius 3 is 2.45 bits per heavy atom. The van der Waals surface area contributed by atoms with E-state index in [9.17, 15) is 4.79 Å². The molecule has 22 heavy (non-hydrogen) atoms. The molecule has 124 valence electrons. The third-order valence-corrected chi connectivity index (χ3v) is 3.41. The number of nitrogens with one attached hydrogen (secondary N) is 1. The Bertz CT molecular complexity index is 451. The molecule has 1 aromatic rings. The minimum Gasteiger partial charge on any atom is -0.490 e. The maximum Gasteiger partial charge on any atom is 0.222 e. The number of hydrogen-bond acceptors (Lipinski definition) is 4. The van der Waals surface area contributed by atoms with Gasteiger partial charge in [0.2, 0.25) is 5.91 Å². The van der Waals surface area contributed by atoms with Gasteiger partial charge in [0.25, 0.3) is 0 Å². The largest absolute Gasteiger partial charge is 0.490 e. The lowest BCUT2D eigenvalue weighted by Gasteiger charge is -2.27. The summed E-state index contributed by atoms with van der Waals surface area (Å²) in [5.74, 6) is 1.72. The molecule has 0 aromatic heterocycles. The van der Waals surface area contributed by atoms with Gasteiger partial charge in [-0.2, -0.15) is 0 Å². The summed E-state index contributed by atoms with van der Waals surface area (Å²) in [5, 5.41) is 3.24. The molecule has 0 unspecified atom stereocenters. The molecule has 0 saturated carbocycles. The maximum atomic E-state index is 12.0. The van der Waals surface area contributed by atoms with Crippen molar-refractivity contribution in [3.63, 3.8) is 0 Å². The van der Waals surface area contributed by atoms with E-state index in [4.69, 9.17) is 9.47 Å². The molecule has 0 radical (unpaired) electrons. The van der Waals surface area contributed by atoms with Gasteiger partial charge in [-0.1, -0.05) is 12.1 Å². The molecule has 5 nitrogen and oxygen atoms in total. The van der Waals surface area contributed by atoms with Crippen molar-refractivity contribution in [1.82, 2.24) is 10.2 Å². The predicted octanol–water partition coefficient (Wildman–Crippen LogP) is 2.10. The number of piperazine rings is 1. The van der Waals surface area contributed by atoms with Crippen molar-refractivity contribution in [1.29, 1.82) is 0 Å². The fourth-order valence-electron chi connectivity index (χ4n) is 2.32. The van der Waals surface area contributed by atoms with Crippen molar-refractivity contribution < 1.29 is 14.3 Å². The third kappa shape index (κ3) is 5.73. The van der Waals surface area contributed by atoms with E-state index in [1.807, 2.05) is 36.1 Å². The van der Waals surface area contributed by atoms with Gasteiger partial charge in [0.05, 0.1) is 13.2 Å². The fraction of sp³-hybridized carbons (Fsp3) is 0.562. The first-order valence-corrected chi connectivity index (χ1v) is 7.64. The average molecular weight is 329 g/mol. The number of ether oxygens (including phenoxy) is 2. The standard InChI is InChI=1S/C16H24N2O3.ClH/c1-2-20-14-6-3-4-7-15(14)21-13-5-8-16(19)18-11-9-17-10-12-18;/h3-4,6-7,17H,2,5,8-13H2,1H3;1H. The molecule has 0 aliphatic carbocycles. The Balaban J connectivity index is 0.00000242. The molecule has 1 aliphatic rings. The summed E-state index contributed by atoms with van der Waals surface area (Å²) in [4.78, 5) is 13.9. The Morgan fingerprint density at radius 2 is 1.82 bits per heavy atom. The number of halogens is 1. The summed E-state index contributed by atoms with van der Waals surface area (Å²) < 4.78 is 11.2. The summed E-state index contributed by atoms with van der Waals surface area (Å²) >= 11 is 0. The van der Waals surface area contributed by atoms with Crippen molar-refractivity contribution in [3.8, 4) is 11.5 Å². The quantitative estimate of drug-likeness (QED) is 0.779. The van der Waals surface area contributed by atoms with Crippen LogP contribution < -0.4 is 14.8 Å². The number of carbonyl (C=O) groups is 1. The van der Waals surface area contributed by atoms with Crippen LogP contribution in [-0.4, -0.2) is 50.2 Å². The molecular weight excluding hydrogens is 304 g/mol. The van der Waals surface area contributed by atoms with Gasteiger partial charge in [0.1, 0.15) is 0 Å². The predicted molar refractivity (Wildman–Crippen MR) is 89.0 cm³/mol. The Kier molecular flexibility index (Phi) is 8.70. The molecule has 1 aromatic carbocycles. The third-order valence-electron chi connectivity index (χ3n) is 3.41. The van der Waals surface area contributed by atoms with Gasteiger partial charge < -0.3 is 19.7 Å². The van der Waals surface area contributed by atoms with Crippen LogP contribution in [0.5, 0.6) is 11.5 Å². The zero-order chi connectivity index (χ0) is 14.9.